The number of esters is 1. The summed E-state index contributed by atoms with van der Waals surface area (Å²) in [5.74, 6) is -0.956. The molecule has 25 heavy (non-hydrogen) atoms. The number of amides is 1. The second kappa shape index (κ2) is 7.07. The van der Waals surface area contributed by atoms with Crippen LogP contribution in [0, 0.1) is 6.92 Å². The summed E-state index contributed by atoms with van der Waals surface area (Å²) in [6.07, 6.45) is 1.39. The molecule has 3 aromatic rings. The van der Waals surface area contributed by atoms with Gasteiger partial charge in [0.25, 0.3) is 5.91 Å². The topological polar surface area (TPSA) is 112 Å². The van der Waals surface area contributed by atoms with Crippen LogP contribution in [0.2, 0.25) is 0 Å². The van der Waals surface area contributed by atoms with E-state index in [4.69, 9.17) is 0 Å². The van der Waals surface area contributed by atoms with Gasteiger partial charge in [0.05, 0.1) is 18.4 Å². The van der Waals surface area contributed by atoms with Crippen LogP contribution >= 0.6 is 27.3 Å². The van der Waals surface area contributed by atoms with Gasteiger partial charge in [0, 0.05) is 9.35 Å². The van der Waals surface area contributed by atoms with Crippen molar-refractivity contribution < 1.29 is 14.3 Å². The minimum atomic E-state index is -0.550. The Balaban J connectivity index is 1.92. The highest BCUT2D eigenvalue weighted by atomic mass is 79.9. The molecule has 0 bridgehead atoms. The summed E-state index contributed by atoms with van der Waals surface area (Å²) in [6, 6.07) is 5.13. The Kier molecular flexibility index (Phi) is 4.86. The Bertz CT molecular complexity index is 940. The first kappa shape index (κ1) is 17.2. The number of ether oxygens (including phenoxy) is 1. The molecule has 1 N–H and O–H groups in total. The molecule has 1 aromatic carbocycles. The molecule has 0 fully saturated rings. The van der Waals surface area contributed by atoms with E-state index in [9.17, 15) is 9.59 Å². The van der Waals surface area contributed by atoms with Crippen molar-refractivity contribution in [3.63, 3.8) is 0 Å². The Morgan fingerprint density at radius 3 is 2.84 bits per heavy atom. The van der Waals surface area contributed by atoms with Crippen LogP contribution < -0.4 is 5.32 Å². The summed E-state index contributed by atoms with van der Waals surface area (Å²) < 4.78 is 6.77. The van der Waals surface area contributed by atoms with Gasteiger partial charge < -0.3 is 4.74 Å². The Morgan fingerprint density at radius 1 is 1.36 bits per heavy atom. The third-order valence-electron chi connectivity index (χ3n) is 3.19. The molecule has 3 rings (SSSR count). The van der Waals surface area contributed by atoms with E-state index in [0.717, 1.165) is 4.47 Å². The Labute approximate surface area is 154 Å². The van der Waals surface area contributed by atoms with E-state index in [2.05, 4.69) is 46.5 Å². The lowest BCUT2D eigenvalue weighted by Crippen LogP contribution is -2.15. The van der Waals surface area contributed by atoms with Gasteiger partial charge >= 0.3 is 5.97 Å². The van der Waals surface area contributed by atoms with Crippen molar-refractivity contribution in [3.8, 4) is 5.69 Å². The summed E-state index contributed by atoms with van der Waals surface area (Å²) in [4.78, 5) is 29.1. The van der Waals surface area contributed by atoms with Crippen LogP contribution in [0.1, 0.15) is 25.7 Å². The van der Waals surface area contributed by atoms with Crippen molar-refractivity contribution in [1.82, 2.24) is 25.2 Å². The molecule has 0 aliphatic rings. The number of carbonyl (C=O) groups is 2. The van der Waals surface area contributed by atoms with Crippen LogP contribution in [0.3, 0.4) is 0 Å². The first-order chi connectivity index (χ1) is 12.0. The highest BCUT2D eigenvalue weighted by Gasteiger charge is 2.19. The van der Waals surface area contributed by atoms with Gasteiger partial charge in [-0.3, -0.25) is 10.1 Å². The Morgan fingerprint density at radius 2 is 2.16 bits per heavy atom. The molecule has 0 aliphatic heterocycles. The maximum absolute atomic E-state index is 12.7. The second-order valence-electron chi connectivity index (χ2n) is 4.79. The normalized spacial score (nSPS) is 10.5. The lowest BCUT2D eigenvalue weighted by Gasteiger charge is -2.08. The van der Waals surface area contributed by atoms with Gasteiger partial charge in [0.1, 0.15) is 6.33 Å². The molecule has 9 nitrogen and oxygen atoms in total. The highest BCUT2D eigenvalue weighted by Crippen LogP contribution is 2.25. The van der Waals surface area contributed by atoms with Crippen LogP contribution in [0.15, 0.2) is 29.0 Å². The average molecular weight is 423 g/mol. The van der Waals surface area contributed by atoms with Gasteiger partial charge in [-0.15, -0.1) is 16.4 Å². The quantitative estimate of drug-likeness (QED) is 0.641. The molecule has 0 aliphatic carbocycles. The summed E-state index contributed by atoms with van der Waals surface area (Å²) in [7, 11) is 1.28. The van der Waals surface area contributed by atoms with Crippen LogP contribution in [-0.2, 0) is 4.74 Å². The van der Waals surface area contributed by atoms with Crippen LogP contribution in [-0.4, -0.2) is 44.2 Å². The maximum Gasteiger partial charge on any atom is 0.357 e. The summed E-state index contributed by atoms with van der Waals surface area (Å²) >= 11 is 4.53. The lowest BCUT2D eigenvalue weighted by molar-refractivity contribution is 0.0594. The number of aromatic nitrogens is 5. The average Bonchev–Trinajstić information content (AvgIpc) is 3.24. The number of hydrogen-bond donors (Lipinski definition) is 1. The van der Waals surface area contributed by atoms with E-state index in [1.54, 1.807) is 25.1 Å². The van der Waals surface area contributed by atoms with E-state index in [1.807, 2.05) is 0 Å². The standard InChI is InChI=1S/C14H11BrN6O3S/c1-7-11(13(23)24-2)17-14(25-7)18-12(22)9-5-8(15)3-4-10(9)21-6-16-19-20-21/h3-6H,1-2H3,(H,17,18,22). The molecule has 2 heterocycles. The van der Waals surface area contributed by atoms with Crippen LogP contribution in [0.5, 0.6) is 0 Å². The van der Waals surface area contributed by atoms with Gasteiger partial charge in [-0.2, -0.15) is 4.68 Å². The first-order valence-corrected chi connectivity index (χ1v) is 8.50. The van der Waals surface area contributed by atoms with Crippen molar-refractivity contribution in [1.29, 1.82) is 0 Å². The number of rotatable bonds is 4. The van der Waals surface area contributed by atoms with E-state index in [0.29, 0.717) is 21.3 Å². The van der Waals surface area contributed by atoms with Crippen LogP contribution in [0.25, 0.3) is 5.69 Å². The summed E-state index contributed by atoms with van der Waals surface area (Å²) in [6.45, 7) is 1.73. The zero-order valence-electron chi connectivity index (χ0n) is 13.1. The number of methoxy groups -OCH3 is 1. The molecule has 0 radical (unpaired) electrons. The number of hydrogen-bond acceptors (Lipinski definition) is 8. The predicted molar refractivity (Wildman–Crippen MR) is 93.0 cm³/mol. The number of anilines is 1. The molecule has 1 amide bonds. The highest BCUT2D eigenvalue weighted by molar-refractivity contribution is 9.10. The van der Waals surface area contributed by atoms with Crippen molar-refractivity contribution >= 4 is 44.3 Å². The molecule has 0 saturated carbocycles. The van der Waals surface area contributed by atoms with E-state index in [1.165, 1.54) is 29.5 Å². The fraction of sp³-hybridized carbons (Fsp3) is 0.143. The molecular weight excluding hydrogens is 412 g/mol. The summed E-state index contributed by atoms with van der Waals surface area (Å²) in [5.41, 5.74) is 1.03. The molecule has 0 unspecified atom stereocenters. The van der Waals surface area contributed by atoms with Crippen molar-refractivity contribution in [2.45, 2.75) is 6.92 Å². The number of aryl methyl sites for hydroxylation is 1. The van der Waals surface area contributed by atoms with Gasteiger partial charge in [0.2, 0.25) is 0 Å². The minimum Gasteiger partial charge on any atom is -0.464 e. The molecule has 0 atom stereocenters. The third-order valence-corrected chi connectivity index (χ3v) is 4.57. The number of halogens is 1. The second-order valence-corrected chi connectivity index (χ2v) is 6.90. The molecule has 2 aromatic heterocycles. The Hall–Kier alpha value is -2.66. The van der Waals surface area contributed by atoms with E-state index >= 15 is 0 Å². The minimum absolute atomic E-state index is 0.178. The van der Waals surface area contributed by atoms with Gasteiger partial charge in [-0.1, -0.05) is 15.9 Å². The maximum atomic E-state index is 12.7. The monoisotopic (exact) mass is 422 g/mol. The number of tetrazole rings is 1. The first-order valence-electron chi connectivity index (χ1n) is 6.89. The van der Waals surface area contributed by atoms with Gasteiger partial charge in [-0.05, 0) is 35.5 Å². The third kappa shape index (κ3) is 3.56. The molecule has 11 heteroatoms. The lowest BCUT2D eigenvalue weighted by atomic mass is 10.1. The van der Waals surface area contributed by atoms with Crippen LogP contribution in [0.4, 0.5) is 5.13 Å². The molecule has 0 spiro atoms. The largest absolute Gasteiger partial charge is 0.464 e. The van der Waals surface area contributed by atoms with Crippen molar-refractivity contribution in [3.05, 3.63) is 45.1 Å². The molecular formula is C14H11BrN6O3S. The fourth-order valence-electron chi connectivity index (χ4n) is 2.06. The smallest absolute Gasteiger partial charge is 0.357 e. The SMILES string of the molecule is COC(=O)c1nc(NC(=O)c2cc(Br)ccc2-n2cnnn2)sc1C. The number of carbonyl (C=O) groups excluding carboxylic acids is 2. The van der Waals surface area contributed by atoms with Crippen molar-refractivity contribution in [2.75, 3.05) is 12.4 Å². The molecule has 128 valence electrons. The number of thiazole rings is 1. The van der Waals surface area contributed by atoms with Gasteiger partial charge in [-0.25, -0.2) is 9.78 Å². The number of nitrogens with zero attached hydrogens (tertiary/aromatic N) is 5. The van der Waals surface area contributed by atoms with E-state index in [-0.39, 0.29) is 5.69 Å². The fourth-order valence-corrected chi connectivity index (χ4v) is 3.22. The zero-order valence-corrected chi connectivity index (χ0v) is 15.5. The predicted octanol–water partition coefficient (Wildman–Crippen LogP) is 2.23. The number of nitrogens with one attached hydrogen (secondary N) is 1. The number of benzene rings is 1. The molecule has 0 saturated heterocycles. The van der Waals surface area contributed by atoms with E-state index < -0.39 is 11.9 Å². The zero-order chi connectivity index (χ0) is 18.0. The van der Waals surface area contributed by atoms with Gasteiger partial charge in [0.15, 0.2) is 10.8 Å². The van der Waals surface area contributed by atoms with Crippen molar-refractivity contribution in [2.24, 2.45) is 0 Å². The summed E-state index contributed by atoms with van der Waals surface area (Å²) in [5, 5.41) is 13.9.